The van der Waals surface area contributed by atoms with Gasteiger partial charge in [0.1, 0.15) is 0 Å². The molecular formula is C12H19Na7O12. The third-order valence-corrected chi connectivity index (χ3v) is 1.11. The van der Waals surface area contributed by atoms with Crippen molar-refractivity contribution in [2.45, 2.75) is 0 Å². The molecule has 0 aromatic heterocycles. The number of carboxylic acids is 6. The van der Waals surface area contributed by atoms with E-state index >= 15 is 0 Å². The van der Waals surface area contributed by atoms with E-state index in [0.717, 1.165) is 0 Å². The van der Waals surface area contributed by atoms with Crippen molar-refractivity contribution < 1.29 is 59.4 Å². The standard InChI is InChI=1S/3C4H4O4.7Na.7H/c3*5-3(6)1-2-4(7)8;;;;;;;;;;;;;;/h3*1-2H,(H,5,6)(H,7,8);;;;;;;;;;;;;;. The van der Waals surface area contributed by atoms with Gasteiger partial charge in [-0.15, -0.1) is 0 Å². The molecule has 0 aliphatic carbocycles. The van der Waals surface area contributed by atoms with Crippen LogP contribution in [0, 0.1) is 0 Å². The summed E-state index contributed by atoms with van der Waals surface area (Å²) in [7, 11) is 0. The molecule has 0 fully saturated rings. The minimum atomic E-state index is -1.26. The van der Waals surface area contributed by atoms with Crippen molar-refractivity contribution in [3.05, 3.63) is 36.5 Å². The van der Waals surface area contributed by atoms with Crippen molar-refractivity contribution >= 4 is 243 Å². The number of carbonyl (C=O) groups is 6. The molecule has 0 saturated heterocycles. The van der Waals surface area contributed by atoms with Gasteiger partial charge in [0.05, 0.1) is 0 Å². The summed E-state index contributed by atoms with van der Waals surface area (Å²) in [6.07, 6.45) is 3.35. The molecule has 0 unspecified atom stereocenters. The van der Waals surface area contributed by atoms with Crippen LogP contribution in [0.5, 0.6) is 0 Å². The third-order valence-electron chi connectivity index (χ3n) is 1.11. The van der Waals surface area contributed by atoms with E-state index in [0.29, 0.717) is 36.5 Å². The predicted molar refractivity (Wildman–Crippen MR) is 123 cm³/mol. The van der Waals surface area contributed by atoms with Gasteiger partial charge in [-0.25, -0.2) is 28.8 Å². The Labute approximate surface area is 331 Å². The summed E-state index contributed by atoms with van der Waals surface area (Å²) in [6, 6.07) is 0. The van der Waals surface area contributed by atoms with Gasteiger partial charge in [0.2, 0.25) is 0 Å². The maximum absolute atomic E-state index is 9.55. The van der Waals surface area contributed by atoms with Crippen LogP contribution in [-0.4, -0.2) is 273 Å². The number of aliphatic carboxylic acids is 6. The van der Waals surface area contributed by atoms with E-state index in [9.17, 15) is 28.8 Å². The average Bonchev–Trinajstić information content (AvgIpc) is 2.42. The SMILES string of the molecule is O=C(O)C=CC(=O)O.O=C(O)C=CC(=O)O.O=C(O)C=CC(=O)O.[NaH].[NaH].[NaH].[NaH].[NaH].[NaH].[NaH]. The summed E-state index contributed by atoms with van der Waals surface area (Å²) in [5.74, 6) is -7.54. The molecule has 0 aromatic carbocycles. The van der Waals surface area contributed by atoms with Gasteiger partial charge >= 0.3 is 243 Å². The topological polar surface area (TPSA) is 224 Å². The molecule has 0 aliphatic rings. The normalized spacial score (nSPS) is 7.35. The maximum atomic E-state index is 9.55. The van der Waals surface area contributed by atoms with Gasteiger partial charge in [-0.1, -0.05) is 0 Å². The molecule has 0 heterocycles. The van der Waals surface area contributed by atoms with Crippen molar-refractivity contribution in [2.75, 3.05) is 0 Å². The van der Waals surface area contributed by atoms with Crippen LogP contribution in [0.4, 0.5) is 0 Å². The number of hydrogen-bond acceptors (Lipinski definition) is 6. The number of hydrogen-bond donors (Lipinski definition) is 6. The molecule has 0 aromatic rings. The molecule has 146 valence electrons. The van der Waals surface area contributed by atoms with Crippen LogP contribution in [0.15, 0.2) is 36.5 Å². The summed E-state index contributed by atoms with van der Waals surface area (Å²) < 4.78 is 0. The zero-order valence-corrected chi connectivity index (χ0v) is 11.6. The zero-order valence-electron chi connectivity index (χ0n) is 11.6. The van der Waals surface area contributed by atoms with E-state index < -0.39 is 35.8 Å². The van der Waals surface area contributed by atoms with Crippen LogP contribution in [0.1, 0.15) is 0 Å². The summed E-state index contributed by atoms with van der Waals surface area (Å²) in [5, 5.41) is 46.9. The second kappa shape index (κ2) is 46.4. The van der Waals surface area contributed by atoms with Gasteiger partial charge in [-0.2, -0.15) is 0 Å². The summed E-state index contributed by atoms with van der Waals surface area (Å²) >= 11 is 0. The van der Waals surface area contributed by atoms with Crippen LogP contribution < -0.4 is 0 Å². The molecule has 0 amide bonds. The summed E-state index contributed by atoms with van der Waals surface area (Å²) in [5.41, 5.74) is 0. The molecule has 0 bridgehead atoms. The van der Waals surface area contributed by atoms with E-state index in [1.165, 1.54) is 0 Å². The Hall–Kier alpha value is 3.04. The second-order valence-electron chi connectivity index (χ2n) is 3.03. The van der Waals surface area contributed by atoms with Gasteiger partial charge in [0, 0.05) is 36.5 Å². The first-order valence-corrected chi connectivity index (χ1v) is 5.30. The molecule has 0 spiro atoms. The van der Waals surface area contributed by atoms with Gasteiger partial charge in [0.25, 0.3) is 0 Å². The first-order valence-electron chi connectivity index (χ1n) is 5.30. The molecule has 0 rings (SSSR count). The predicted octanol–water partition coefficient (Wildman–Crippen LogP) is -5.40. The fraction of sp³-hybridized carbons (Fsp3) is 0. The second-order valence-corrected chi connectivity index (χ2v) is 3.03. The molecule has 0 radical (unpaired) electrons. The molecule has 0 saturated carbocycles. The fourth-order valence-corrected chi connectivity index (χ4v) is 0.428. The van der Waals surface area contributed by atoms with Crippen LogP contribution >= 0.6 is 0 Å². The van der Waals surface area contributed by atoms with E-state index in [2.05, 4.69) is 0 Å². The molecule has 6 N–H and O–H groups in total. The van der Waals surface area contributed by atoms with Crippen LogP contribution in [0.2, 0.25) is 0 Å². The van der Waals surface area contributed by atoms with Gasteiger partial charge in [-0.3, -0.25) is 0 Å². The van der Waals surface area contributed by atoms with Crippen LogP contribution in [0.3, 0.4) is 0 Å². The van der Waals surface area contributed by atoms with Gasteiger partial charge in [0.15, 0.2) is 0 Å². The quantitative estimate of drug-likeness (QED) is 0.144. The van der Waals surface area contributed by atoms with E-state index in [1.807, 2.05) is 0 Å². The summed E-state index contributed by atoms with van der Waals surface area (Å²) in [6.45, 7) is 0. The third kappa shape index (κ3) is 97.8. The van der Waals surface area contributed by atoms with E-state index in [4.69, 9.17) is 30.6 Å². The number of rotatable bonds is 6. The van der Waals surface area contributed by atoms with E-state index in [-0.39, 0.29) is 207 Å². The summed E-state index contributed by atoms with van der Waals surface area (Å²) in [4.78, 5) is 57.3. The van der Waals surface area contributed by atoms with Crippen LogP contribution in [-0.2, 0) is 28.8 Å². The minimum absolute atomic E-state index is 0. The van der Waals surface area contributed by atoms with Crippen molar-refractivity contribution in [3.8, 4) is 0 Å². The first kappa shape index (κ1) is 64.3. The Morgan fingerprint density at radius 1 is 0.290 bits per heavy atom. The monoisotopic (exact) mass is 516 g/mol. The average molecular weight is 516 g/mol. The van der Waals surface area contributed by atoms with Crippen molar-refractivity contribution in [3.63, 3.8) is 0 Å². The molecule has 19 heteroatoms. The van der Waals surface area contributed by atoms with Crippen molar-refractivity contribution in [1.82, 2.24) is 0 Å². The van der Waals surface area contributed by atoms with Crippen LogP contribution in [0.25, 0.3) is 0 Å². The molecule has 0 atom stereocenters. The van der Waals surface area contributed by atoms with Crippen molar-refractivity contribution in [1.29, 1.82) is 0 Å². The Morgan fingerprint density at radius 3 is 0.387 bits per heavy atom. The number of carboxylic acid groups (broad SMARTS) is 6. The fourth-order valence-electron chi connectivity index (χ4n) is 0.428. The molecule has 0 aliphatic heterocycles. The Morgan fingerprint density at radius 2 is 0.355 bits per heavy atom. The Kier molecular flexibility index (Phi) is 96.2. The first-order chi connectivity index (χ1) is 10.9. The molecule has 12 nitrogen and oxygen atoms in total. The molecular weight excluding hydrogens is 497 g/mol. The molecule has 31 heavy (non-hydrogen) atoms. The van der Waals surface area contributed by atoms with E-state index in [1.54, 1.807) is 0 Å². The van der Waals surface area contributed by atoms with Crippen molar-refractivity contribution in [2.24, 2.45) is 0 Å². The Bertz CT molecular complexity index is 462. The Balaban J connectivity index is -0.0000000240. The zero-order chi connectivity index (χ0) is 19.7. The van der Waals surface area contributed by atoms with Gasteiger partial charge < -0.3 is 30.6 Å². The van der Waals surface area contributed by atoms with Gasteiger partial charge in [-0.05, 0) is 0 Å².